The van der Waals surface area contributed by atoms with Gasteiger partial charge in [-0.05, 0) is 24.6 Å². The fraction of sp³-hybridized carbons (Fsp3) is 0.429. The summed E-state index contributed by atoms with van der Waals surface area (Å²) in [6.07, 6.45) is 4.28. The molecule has 0 aliphatic rings. The molecule has 0 unspecified atom stereocenters. The van der Waals surface area contributed by atoms with Crippen LogP contribution in [0.5, 0.6) is 0 Å². The molecule has 1 N–H and O–H groups in total. The first-order chi connectivity index (χ1) is 7.72. The Kier molecular flexibility index (Phi) is 6.27. The van der Waals surface area contributed by atoms with Crippen molar-refractivity contribution in [3.05, 3.63) is 42.0 Å². The van der Waals surface area contributed by atoms with Crippen molar-refractivity contribution in [1.29, 1.82) is 0 Å². The molecule has 0 aliphatic heterocycles. The lowest BCUT2D eigenvalue weighted by Gasteiger charge is -2.09. The number of rotatable bonds is 6. The maximum absolute atomic E-state index is 3.43. The number of thioether (sulfide) groups is 1. The maximum atomic E-state index is 3.43. The summed E-state index contributed by atoms with van der Waals surface area (Å²) in [6, 6.07) is 9.29. The molecule has 0 saturated heterocycles. The zero-order chi connectivity index (χ0) is 11.8. The molecule has 0 atom stereocenters. The van der Waals surface area contributed by atoms with Crippen LogP contribution in [0.15, 0.2) is 41.3 Å². The summed E-state index contributed by atoms with van der Waals surface area (Å²) in [5.74, 6) is 1.05. The summed E-state index contributed by atoms with van der Waals surface area (Å²) >= 11 is 1.88. The van der Waals surface area contributed by atoms with Gasteiger partial charge in [-0.2, -0.15) is 0 Å². The van der Waals surface area contributed by atoms with Gasteiger partial charge >= 0.3 is 0 Å². The van der Waals surface area contributed by atoms with E-state index in [1.807, 2.05) is 11.8 Å². The van der Waals surface area contributed by atoms with E-state index in [-0.39, 0.29) is 0 Å². The van der Waals surface area contributed by atoms with Crippen molar-refractivity contribution in [1.82, 2.24) is 5.32 Å². The van der Waals surface area contributed by atoms with Crippen molar-refractivity contribution in [3.8, 4) is 0 Å². The predicted octanol–water partition coefficient (Wildman–Crippen LogP) is 3.85. The topological polar surface area (TPSA) is 12.0 Å². The SMILES string of the molecule is CC=CCSc1cccc(CNC(C)C)c1. The van der Waals surface area contributed by atoms with Gasteiger partial charge in [0.05, 0.1) is 0 Å². The molecule has 0 heterocycles. The molecule has 0 spiro atoms. The van der Waals surface area contributed by atoms with Crippen LogP contribution in [0.1, 0.15) is 26.3 Å². The first-order valence-corrected chi connectivity index (χ1v) is 6.77. The average molecular weight is 235 g/mol. The molecule has 0 amide bonds. The minimum atomic E-state index is 0.541. The number of allylic oxidation sites excluding steroid dienone is 1. The molecule has 88 valence electrons. The fourth-order valence-corrected chi connectivity index (χ4v) is 2.20. The highest BCUT2D eigenvalue weighted by Gasteiger charge is 1.97. The van der Waals surface area contributed by atoms with Crippen LogP contribution in [-0.2, 0) is 6.54 Å². The van der Waals surface area contributed by atoms with Gasteiger partial charge in [-0.1, -0.05) is 38.1 Å². The number of benzene rings is 1. The van der Waals surface area contributed by atoms with Crippen LogP contribution < -0.4 is 5.32 Å². The largest absolute Gasteiger partial charge is 0.310 e. The summed E-state index contributed by atoms with van der Waals surface area (Å²) in [5.41, 5.74) is 1.36. The van der Waals surface area contributed by atoms with Crippen molar-refractivity contribution in [2.45, 2.75) is 38.3 Å². The van der Waals surface area contributed by atoms with Crippen molar-refractivity contribution in [2.24, 2.45) is 0 Å². The van der Waals surface area contributed by atoms with Crippen LogP contribution in [-0.4, -0.2) is 11.8 Å². The van der Waals surface area contributed by atoms with Gasteiger partial charge in [0.2, 0.25) is 0 Å². The Labute approximate surface area is 103 Å². The van der Waals surface area contributed by atoms with Gasteiger partial charge in [0.1, 0.15) is 0 Å². The van der Waals surface area contributed by atoms with Crippen LogP contribution >= 0.6 is 11.8 Å². The zero-order valence-electron chi connectivity index (χ0n) is 10.4. The van der Waals surface area contributed by atoms with Gasteiger partial charge in [-0.3, -0.25) is 0 Å². The quantitative estimate of drug-likeness (QED) is 0.593. The molecule has 1 rings (SSSR count). The Morgan fingerprint density at radius 1 is 1.38 bits per heavy atom. The minimum absolute atomic E-state index is 0.541. The highest BCUT2D eigenvalue weighted by atomic mass is 32.2. The van der Waals surface area contributed by atoms with E-state index < -0.39 is 0 Å². The molecular weight excluding hydrogens is 214 g/mol. The predicted molar refractivity (Wildman–Crippen MR) is 74.0 cm³/mol. The molecule has 1 nitrogen and oxygen atoms in total. The van der Waals surface area contributed by atoms with E-state index in [9.17, 15) is 0 Å². The molecule has 0 bridgehead atoms. The summed E-state index contributed by atoms with van der Waals surface area (Å²) in [5, 5.41) is 3.43. The van der Waals surface area contributed by atoms with Gasteiger partial charge in [0.25, 0.3) is 0 Å². The highest BCUT2D eigenvalue weighted by molar-refractivity contribution is 7.99. The molecule has 2 heteroatoms. The smallest absolute Gasteiger partial charge is 0.0208 e. The van der Waals surface area contributed by atoms with E-state index in [2.05, 4.69) is 62.5 Å². The lowest BCUT2D eigenvalue weighted by molar-refractivity contribution is 0.588. The van der Waals surface area contributed by atoms with E-state index in [1.165, 1.54) is 10.5 Å². The van der Waals surface area contributed by atoms with E-state index >= 15 is 0 Å². The van der Waals surface area contributed by atoms with Gasteiger partial charge < -0.3 is 5.32 Å². The molecule has 0 aliphatic carbocycles. The van der Waals surface area contributed by atoms with Gasteiger partial charge in [-0.15, -0.1) is 11.8 Å². The number of hydrogen-bond acceptors (Lipinski definition) is 2. The molecule has 0 saturated carbocycles. The third kappa shape index (κ3) is 5.38. The second kappa shape index (κ2) is 7.53. The highest BCUT2D eigenvalue weighted by Crippen LogP contribution is 2.19. The van der Waals surface area contributed by atoms with E-state index in [0.29, 0.717) is 6.04 Å². The first kappa shape index (κ1) is 13.3. The van der Waals surface area contributed by atoms with Crippen LogP contribution in [0.25, 0.3) is 0 Å². The summed E-state index contributed by atoms with van der Waals surface area (Å²) < 4.78 is 0. The Bertz CT molecular complexity index is 331. The molecular formula is C14H21NS. The average Bonchev–Trinajstić information content (AvgIpc) is 2.27. The zero-order valence-corrected chi connectivity index (χ0v) is 11.2. The third-order valence-electron chi connectivity index (χ3n) is 2.19. The second-order valence-electron chi connectivity index (χ2n) is 4.06. The molecule has 1 aromatic carbocycles. The standard InChI is InChI=1S/C14H21NS/c1-4-5-9-16-14-8-6-7-13(10-14)11-15-12(2)3/h4-8,10,12,15H,9,11H2,1-3H3. The second-order valence-corrected chi connectivity index (χ2v) is 5.16. The van der Waals surface area contributed by atoms with Gasteiger partial charge in [0.15, 0.2) is 0 Å². The summed E-state index contributed by atoms with van der Waals surface area (Å²) in [6.45, 7) is 7.36. The number of nitrogens with one attached hydrogen (secondary N) is 1. The van der Waals surface area contributed by atoms with E-state index in [0.717, 1.165) is 12.3 Å². The van der Waals surface area contributed by atoms with Crippen molar-refractivity contribution >= 4 is 11.8 Å². The summed E-state index contributed by atoms with van der Waals surface area (Å²) in [4.78, 5) is 1.35. The fourth-order valence-electron chi connectivity index (χ4n) is 1.31. The van der Waals surface area contributed by atoms with E-state index in [1.54, 1.807) is 0 Å². The van der Waals surface area contributed by atoms with Crippen LogP contribution in [0.2, 0.25) is 0 Å². The van der Waals surface area contributed by atoms with Crippen molar-refractivity contribution in [2.75, 3.05) is 5.75 Å². The minimum Gasteiger partial charge on any atom is -0.310 e. The monoisotopic (exact) mass is 235 g/mol. The Balaban J connectivity index is 2.50. The van der Waals surface area contributed by atoms with Crippen molar-refractivity contribution < 1.29 is 0 Å². The Morgan fingerprint density at radius 2 is 2.19 bits per heavy atom. The molecule has 16 heavy (non-hydrogen) atoms. The first-order valence-electron chi connectivity index (χ1n) is 5.78. The van der Waals surface area contributed by atoms with Gasteiger partial charge in [0, 0.05) is 23.2 Å². The van der Waals surface area contributed by atoms with Crippen LogP contribution in [0.3, 0.4) is 0 Å². The van der Waals surface area contributed by atoms with Gasteiger partial charge in [-0.25, -0.2) is 0 Å². The lowest BCUT2D eigenvalue weighted by atomic mass is 10.2. The van der Waals surface area contributed by atoms with Crippen LogP contribution in [0.4, 0.5) is 0 Å². The molecule has 0 aromatic heterocycles. The molecule has 0 fully saturated rings. The maximum Gasteiger partial charge on any atom is 0.0208 e. The Hall–Kier alpha value is -0.730. The third-order valence-corrected chi connectivity index (χ3v) is 3.14. The molecule has 1 aromatic rings. The number of hydrogen-bond donors (Lipinski definition) is 1. The van der Waals surface area contributed by atoms with E-state index in [4.69, 9.17) is 0 Å². The lowest BCUT2D eigenvalue weighted by Crippen LogP contribution is -2.21. The summed E-state index contributed by atoms with van der Waals surface area (Å²) in [7, 11) is 0. The Morgan fingerprint density at radius 3 is 2.88 bits per heavy atom. The van der Waals surface area contributed by atoms with Crippen molar-refractivity contribution in [3.63, 3.8) is 0 Å². The molecule has 0 radical (unpaired) electrons. The van der Waals surface area contributed by atoms with Crippen LogP contribution in [0, 0.1) is 0 Å². The normalized spacial score (nSPS) is 11.5.